The van der Waals surface area contributed by atoms with Gasteiger partial charge in [0.2, 0.25) is 11.8 Å². The summed E-state index contributed by atoms with van der Waals surface area (Å²) in [7, 11) is 0. The number of thioether (sulfide) groups is 1. The van der Waals surface area contributed by atoms with Crippen LogP contribution in [0.1, 0.15) is 12.2 Å². The number of para-hydroxylation sites is 1. The minimum Gasteiger partial charge on any atom is -0.467 e. The Hall–Kier alpha value is -3.03. The summed E-state index contributed by atoms with van der Waals surface area (Å²) in [4.78, 5) is 31.8. The van der Waals surface area contributed by atoms with E-state index in [-0.39, 0.29) is 24.8 Å². The van der Waals surface area contributed by atoms with Crippen LogP contribution >= 0.6 is 23.4 Å². The molecule has 152 valence electrons. The number of nitrogens with one attached hydrogen (secondary N) is 1. The average Bonchev–Trinajstić information content (AvgIpc) is 3.33. The number of furan rings is 1. The fourth-order valence-electron chi connectivity index (χ4n) is 2.99. The van der Waals surface area contributed by atoms with E-state index in [1.54, 1.807) is 47.6 Å². The molecule has 0 spiro atoms. The van der Waals surface area contributed by atoms with Crippen LogP contribution in [0.25, 0.3) is 0 Å². The van der Waals surface area contributed by atoms with Gasteiger partial charge in [-0.25, -0.2) is 4.99 Å². The van der Waals surface area contributed by atoms with Gasteiger partial charge in [-0.3, -0.25) is 14.5 Å². The molecule has 1 fully saturated rings. The highest BCUT2D eigenvalue weighted by molar-refractivity contribution is 8.15. The predicted molar refractivity (Wildman–Crippen MR) is 119 cm³/mol. The molecule has 1 atom stereocenters. The highest BCUT2D eigenvalue weighted by Crippen LogP contribution is 2.33. The van der Waals surface area contributed by atoms with Crippen LogP contribution in [0.4, 0.5) is 11.4 Å². The van der Waals surface area contributed by atoms with Crippen LogP contribution in [0.2, 0.25) is 5.02 Å². The monoisotopic (exact) mass is 439 g/mol. The standard InChI is InChI=1S/C22H18ClN3O3S/c23-15-6-4-9-17(12-15)24-20(27)13-19-21(28)26(14-18-10-5-11-29-18)22(30-19)25-16-7-2-1-3-8-16/h1-12,19H,13-14H2,(H,24,27)/t19-/m1/s1. The maximum atomic E-state index is 13.1. The highest BCUT2D eigenvalue weighted by atomic mass is 35.5. The molecule has 0 bridgehead atoms. The lowest BCUT2D eigenvalue weighted by Gasteiger charge is -2.15. The molecule has 2 amide bonds. The molecule has 0 radical (unpaired) electrons. The van der Waals surface area contributed by atoms with Crippen molar-refractivity contribution in [2.75, 3.05) is 5.32 Å². The number of carbonyl (C=O) groups is 2. The number of halogens is 1. The molecule has 1 aromatic heterocycles. The van der Waals surface area contributed by atoms with Gasteiger partial charge in [0.05, 0.1) is 18.5 Å². The number of nitrogens with zero attached hydrogens (tertiary/aromatic N) is 2. The van der Waals surface area contributed by atoms with Crippen molar-refractivity contribution < 1.29 is 14.0 Å². The van der Waals surface area contributed by atoms with Gasteiger partial charge in [-0.1, -0.05) is 47.6 Å². The lowest BCUT2D eigenvalue weighted by Crippen LogP contribution is -2.33. The Morgan fingerprint density at radius 1 is 1.13 bits per heavy atom. The fraction of sp³-hybridized carbons (Fsp3) is 0.136. The average molecular weight is 440 g/mol. The Morgan fingerprint density at radius 2 is 1.97 bits per heavy atom. The molecule has 3 aromatic rings. The molecular formula is C22H18ClN3O3S. The van der Waals surface area contributed by atoms with Crippen molar-refractivity contribution in [1.82, 2.24) is 4.90 Å². The van der Waals surface area contributed by atoms with E-state index in [2.05, 4.69) is 10.3 Å². The van der Waals surface area contributed by atoms with Gasteiger partial charge in [-0.05, 0) is 42.5 Å². The van der Waals surface area contributed by atoms with Crippen LogP contribution in [0, 0.1) is 0 Å². The van der Waals surface area contributed by atoms with Crippen LogP contribution in [-0.2, 0) is 16.1 Å². The SMILES string of the molecule is O=C(C[C@H]1SC(=Nc2ccccc2)N(Cc2ccco2)C1=O)Nc1cccc(Cl)c1. The van der Waals surface area contributed by atoms with Gasteiger partial charge < -0.3 is 9.73 Å². The van der Waals surface area contributed by atoms with Crippen LogP contribution < -0.4 is 5.32 Å². The minimum atomic E-state index is -0.568. The smallest absolute Gasteiger partial charge is 0.243 e. The third-order valence-electron chi connectivity index (χ3n) is 4.37. The number of aliphatic imine (C=N–C) groups is 1. The molecule has 1 saturated heterocycles. The maximum absolute atomic E-state index is 13.1. The van der Waals surface area contributed by atoms with E-state index in [0.717, 1.165) is 5.69 Å². The molecule has 8 heteroatoms. The molecule has 2 aromatic carbocycles. The van der Waals surface area contributed by atoms with E-state index < -0.39 is 5.25 Å². The quantitative estimate of drug-likeness (QED) is 0.580. The summed E-state index contributed by atoms with van der Waals surface area (Å²) in [5, 5.41) is 3.29. The first kappa shape index (κ1) is 20.3. The van der Waals surface area contributed by atoms with Crippen LogP contribution in [0.15, 0.2) is 82.4 Å². The Balaban J connectivity index is 1.51. The van der Waals surface area contributed by atoms with Gasteiger partial charge in [-0.15, -0.1) is 0 Å². The molecule has 1 aliphatic rings. The van der Waals surface area contributed by atoms with Crippen molar-refractivity contribution in [3.63, 3.8) is 0 Å². The number of hydrogen-bond donors (Lipinski definition) is 1. The Kier molecular flexibility index (Phi) is 6.21. The molecular weight excluding hydrogens is 422 g/mol. The number of amides is 2. The van der Waals surface area contributed by atoms with Crippen molar-refractivity contribution in [3.8, 4) is 0 Å². The number of carbonyl (C=O) groups excluding carboxylic acids is 2. The third kappa shape index (κ3) is 4.93. The van der Waals surface area contributed by atoms with Crippen molar-refractivity contribution in [1.29, 1.82) is 0 Å². The zero-order valence-corrected chi connectivity index (χ0v) is 17.4. The lowest BCUT2D eigenvalue weighted by atomic mass is 10.2. The van der Waals surface area contributed by atoms with E-state index in [1.807, 2.05) is 30.3 Å². The first-order chi connectivity index (χ1) is 14.6. The largest absolute Gasteiger partial charge is 0.467 e. The summed E-state index contributed by atoms with van der Waals surface area (Å²) in [5.41, 5.74) is 1.33. The molecule has 0 unspecified atom stereocenters. The first-order valence-electron chi connectivity index (χ1n) is 9.28. The summed E-state index contributed by atoms with van der Waals surface area (Å²) in [6.07, 6.45) is 1.59. The van der Waals surface area contributed by atoms with Gasteiger partial charge >= 0.3 is 0 Å². The van der Waals surface area contributed by atoms with Gasteiger partial charge in [0.15, 0.2) is 5.17 Å². The fourth-order valence-corrected chi connectivity index (χ4v) is 4.34. The van der Waals surface area contributed by atoms with E-state index >= 15 is 0 Å². The molecule has 1 aliphatic heterocycles. The van der Waals surface area contributed by atoms with E-state index in [1.165, 1.54) is 11.8 Å². The van der Waals surface area contributed by atoms with Crippen LogP contribution in [0.5, 0.6) is 0 Å². The first-order valence-corrected chi connectivity index (χ1v) is 10.5. The molecule has 0 saturated carbocycles. The van der Waals surface area contributed by atoms with E-state index in [9.17, 15) is 9.59 Å². The second-order valence-corrected chi connectivity index (χ2v) is 8.21. The second-order valence-electron chi connectivity index (χ2n) is 6.60. The Morgan fingerprint density at radius 3 is 2.70 bits per heavy atom. The molecule has 2 heterocycles. The summed E-state index contributed by atoms with van der Waals surface area (Å²) in [6, 6.07) is 19.9. The van der Waals surface area contributed by atoms with E-state index in [4.69, 9.17) is 16.0 Å². The second kappa shape index (κ2) is 9.19. The van der Waals surface area contributed by atoms with Gasteiger partial charge in [0.1, 0.15) is 11.0 Å². The number of amidine groups is 1. The van der Waals surface area contributed by atoms with Crippen LogP contribution in [0.3, 0.4) is 0 Å². The maximum Gasteiger partial charge on any atom is 0.243 e. The number of hydrogen-bond acceptors (Lipinski definition) is 5. The van der Waals surface area contributed by atoms with Gasteiger partial charge in [0, 0.05) is 17.1 Å². The normalized spacial score (nSPS) is 17.5. The zero-order chi connectivity index (χ0) is 20.9. The van der Waals surface area contributed by atoms with Gasteiger partial charge in [-0.2, -0.15) is 0 Å². The third-order valence-corrected chi connectivity index (χ3v) is 5.78. The zero-order valence-electron chi connectivity index (χ0n) is 15.8. The minimum absolute atomic E-state index is 0.0263. The molecule has 30 heavy (non-hydrogen) atoms. The summed E-state index contributed by atoms with van der Waals surface area (Å²) in [5.74, 6) is 0.211. The Labute approximate surface area is 182 Å². The van der Waals surface area contributed by atoms with Gasteiger partial charge in [0.25, 0.3) is 0 Å². The topological polar surface area (TPSA) is 74.9 Å². The van der Waals surface area contributed by atoms with Crippen molar-refractivity contribution in [2.45, 2.75) is 18.2 Å². The number of rotatable bonds is 6. The predicted octanol–water partition coefficient (Wildman–Crippen LogP) is 5.09. The number of anilines is 1. The molecule has 0 aliphatic carbocycles. The molecule has 6 nitrogen and oxygen atoms in total. The number of benzene rings is 2. The highest BCUT2D eigenvalue weighted by Gasteiger charge is 2.39. The van der Waals surface area contributed by atoms with Crippen molar-refractivity contribution in [2.24, 2.45) is 4.99 Å². The molecule has 4 rings (SSSR count). The van der Waals surface area contributed by atoms with Crippen LogP contribution in [-0.4, -0.2) is 27.1 Å². The summed E-state index contributed by atoms with van der Waals surface area (Å²) >= 11 is 7.25. The summed E-state index contributed by atoms with van der Waals surface area (Å²) < 4.78 is 5.40. The Bertz CT molecular complexity index is 1070. The summed E-state index contributed by atoms with van der Waals surface area (Å²) in [6.45, 7) is 0.261. The lowest BCUT2D eigenvalue weighted by molar-refractivity contribution is -0.128. The van der Waals surface area contributed by atoms with Crippen molar-refractivity contribution >= 4 is 51.7 Å². The van der Waals surface area contributed by atoms with Crippen molar-refractivity contribution in [3.05, 3.63) is 83.8 Å². The molecule has 1 N–H and O–H groups in total. The van der Waals surface area contributed by atoms with E-state index in [0.29, 0.717) is 21.6 Å².